The summed E-state index contributed by atoms with van der Waals surface area (Å²) in [7, 11) is 0. The zero-order chi connectivity index (χ0) is 7.44. The summed E-state index contributed by atoms with van der Waals surface area (Å²) < 4.78 is -0.167. The van der Waals surface area contributed by atoms with Crippen molar-refractivity contribution >= 4 is 28.6 Å². The molecule has 0 spiro atoms. The molecule has 1 N–H and O–H groups in total. The number of carboxylic acid groups (broad SMARTS) is 1. The summed E-state index contributed by atoms with van der Waals surface area (Å²) in [5.74, 6) is -0.964. The Morgan fingerprint density at radius 1 is 1.78 bits per heavy atom. The monoisotopic (exact) mass is 238 g/mol. The molecule has 0 aliphatic carbocycles. The molecular weight excluding hydrogens is 231 g/mol. The van der Waals surface area contributed by atoms with E-state index in [-0.39, 0.29) is 9.50 Å². The Bertz CT molecular complexity index is 151. The van der Waals surface area contributed by atoms with E-state index in [9.17, 15) is 4.79 Å². The molecule has 0 radical (unpaired) electrons. The normalized spacial score (nSPS) is 12.1. The minimum atomic E-state index is -0.964. The molecular formula is C6H7IO2. The molecule has 1 atom stereocenters. The van der Waals surface area contributed by atoms with E-state index in [1.165, 1.54) is 6.08 Å². The predicted molar refractivity (Wildman–Crippen MR) is 44.8 cm³/mol. The minimum Gasteiger partial charge on any atom is -0.478 e. The fraction of sp³-hybridized carbons (Fsp3) is 0.167. The van der Waals surface area contributed by atoms with Gasteiger partial charge in [-0.1, -0.05) is 35.2 Å². The van der Waals surface area contributed by atoms with Crippen molar-refractivity contribution in [3.05, 3.63) is 24.8 Å². The molecule has 0 aliphatic rings. The summed E-state index contributed by atoms with van der Waals surface area (Å²) in [6.07, 6.45) is 1.54. The van der Waals surface area contributed by atoms with Crippen molar-refractivity contribution in [1.82, 2.24) is 0 Å². The molecule has 50 valence electrons. The SMILES string of the molecule is C=CC(I)C(=C)C(=O)O. The van der Waals surface area contributed by atoms with E-state index >= 15 is 0 Å². The molecule has 0 amide bonds. The van der Waals surface area contributed by atoms with Crippen LogP contribution < -0.4 is 0 Å². The quantitative estimate of drug-likeness (QED) is 0.351. The van der Waals surface area contributed by atoms with Crippen molar-refractivity contribution < 1.29 is 9.90 Å². The van der Waals surface area contributed by atoms with E-state index in [0.29, 0.717) is 0 Å². The number of alkyl halides is 1. The third-order valence-electron chi connectivity index (χ3n) is 0.815. The van der Waals surface area contributed by atoms with Crippen LogP contribution in [0, 0.1) is 0 Å². The van der Waals surface area contributed by atoms with Crippen LogP contribution in [0.15, 0.2) is 24.8 Å². The Morgan fingerprint density at radius 3 is 2.33 bits per heavy atom. The van der Waals surface area contributed by atoms with Crippen LogP contribution in [-0.4, -0.2) is 15.0 Å². The highest BCUT2D eigenvalue weighted by Gasteiger charge is 2.09. The van der Waals surface area contributed by atoms with Crippen molar-refractivity contribution in [2.24, 2.45) is 0 Å². The van der Waals surface area contributed by atoms with Crippen LogP contribution in [-0.2, 0) is 4.79 Å². The molecule has 0 aromatic carbocycles. The molecule has 0 saturated carbocycles. The molecule has 0 aromatic heterocycles. The van der Waals surface area contributed by atoms with Crippen LogP contribution in [0.2, 0.25) is 0 Å². The van der Waals surface area contributed by atoms with Crippen LogP contribution in [0.3, 0.4) is 0 Å². The first-order valence-corrected chi connectivity index (χ1v) is 3.53. The molecule has 0 fully saturated rings. The summed E-state index contributed by atoms with van der Waals surface area (Å²) in [5, 5.41) is 8.33. The standard InChI is InChI=1S/C6H7IO2/c1-3-5(7)4(2)6(8)9/h3,5H,1-2H2,(H,8,9). The lowest BCUT2D eigenvalue weighted by molar-refractivity contribution is -0.132. The molecule has 1 unspecified atom stereocenters. The van der Waals surface area contributed by atoms with Gasteiger partial charge in [0.25, 0.3) is 0 Å². The number of halogens is 1. The Morgan fingerprint density at radius 2 is 2.22 bits per heavy atom. The van der Waals surface area contributed by atoms with Gasteiger partial charge in [0.2, 0.25) is 0 Å². The number of rotatable bonds is 3. The third-order valence-corrected chi connectivity index (χ3v) is 2.07. The largest absolute Gasteiger partial charge is 0.478 e. The first kappa shape index (κ1) is 8.68. The van der Waals surface area contributed by atoms with Gasteiger partial charge < -0.3 is 5.11 Å². The molecule has 2 nitrogen and oxygen atoms in total. The van der Waals surface area contributed by atoms with Gasteiger partial charge in [0, 0.05) is 5.57 Å². The molecule has 0 bridgehead atoms. The molecule has 0 aromatic rings. The van der Waals surface area contributed by atoms with Crippen LogP contribution in [0.1, 0.15) is 0 Å². The Kier molecular flexibility index (Phi) is 3.53. The summed E-state index contributed by atoms with van der Waals surface area (Å²) >= 11 is 1.95. The van der Waals surface area contributed by atoms with Gasteiger partial charge in [-0.2, -0.15) is 0 Å². The first-order chi connectivity index (χ1) is 4.09. The van der Waals surface area contributed by atoms with Crippen molar-refractivity contribution in [1.29, 1.82) is 0 Å². The Hall–Kier alpha value is -0.320. The molecule has 0 aliphatic heterocycles. The maximum absolute atomic E-state index is 10.1. The highest BCUT2D eigenvalue weighted by Crippen LogP contribution is 2.11. The second-order valence-electron chi connectivity index (χ2n) is 1.47. The minimum absolute atomic E-state index is 0.167. The van der Waals surface area contributed by atoms with Crippen molar-refractivity contribution in [2.75, 3.05) is 0 Å². The van der Waals surface area contributed by atoms with Gasteiger partial charge in [-0.25, -0.2) is 4.79 Å². The summed E-state index contributed by atoms with van der Waals surface area (Å²) in [6, 6.07) is 0. The van der Waals surface area contributed by atoms with Crippen LogP contribution >= 0.6 is 22.6 Å². The maximum atomic E-state index is 10.1. The van der Waals surface area contributed by atoms with Gasteiger partial charge in [-0.15, -0.1) is 6.58 Å². The topological polar surface area (TPSA) is 37.3 Å². The lowest BCUT2D eigenvalue weighted by atomic mass is 10.2. The molecule has 3 heteroatoms. The van der Waals surface area contributed by atoms with Gasteiger partial charge in [0.15, 0.2) is 0 Å². The van der Waals surface area contributed by atoms with E-state index in [1.54, 1.807) is 0 Å². The molecule has 0 heterocycles. The maximum Gasteiger partial charge on any atom is 0.332 e. The lowest BCUT2D eigenvalue weighted by Gasteiger charge is -2.00. The summed E-state index contributed by atoms with van der Waals surface area (Å²) in [5.41, 5.74) is 0.172. The van der Waals surface area contributed by atoms with Crippen molar-refractivity contribution in [3.63, 3.8) is 0 Å². The van der Waals surface area contributed by atoms with Gasteiger partial charge >= 0.3 is 5.97 Å². The lowest BCUT2D eigenvalue weighted by Crippen LogP contribution is -2.07. The Balaban J connectivity index is 4.03. The van der Waals surface area contributed by atoms with E-state index in [0.717, 1.165) is 0 Å². The van der Waals surface area contributed by atoms with Gasteiger partial charge in [0.05, 0.1) is 3.92 Å². The molecule has 0 rings (SSSR count). The number of carboxylic acids is 1. The molecule has 9 heavy (non-hydrogen) atoms. The van der Waals surface area contributed by atoms with E-state index in [1.807, 2.05) is 22.6 Å². The smallest absolute Gasteiger partial charge is 0.332 e. The highest BCUT2D eigenvalue weighted by atomic mass is 127. The first-order valence-electron chi connectivity index (χ1n) is 2.28. The zero-order valence-corrected chi connectivity index (χ0v) is 6.96. The average Bonchev–Trinajstić information content (AvgIpc) is 1.84. The third kappa shape index (κ3) is 2.64. The summed E-state index contributed by atoms with van der Waals surface area (Å²) in [6.45, 7) is 6.78. The fourth-order valence-corrected chi connectivity index (χ4v) is 0.527. The van der Waals surface area contributed by atoms with E-state index in [4.69, 9.17) is 5.11 Å². The zero-order valence-electron chi connectivity index (χ0n) is 4.80. The second-order valence-corrected chi connectivity index (χ2v) is 2.81. The predicted octanol–water partition coefficient (Wildman–Crippen LogP) is 1.62. The van der Waals surface area contributed by atoms with Gasteiger partial charge in [-0.05, 0) is 0 Å². The van der Waals surface area contributed by atoms with Crippen molar-refractivity contribution in [3.8, 4) is 0 Å². The van der Waals surface area contributed by atoms with Crippen LogP contribution in [0.4, 0.5) is 0 Å². The number of carbonyl (C=O) groups is 1. The van der Waals surface area contributed by atoms with Crippen LogP contribution in [0.25, 0.3) is 0 Å². The number of allylic oxidation sites excluding steroid dienone is 1. The average molecular weight is 238 g/mol. The van der Waals surface area contributed by atoms with E-state index in [2.05, 4.69) is 13.2 Å². The van der Waals surface area contributed by atoms with E-state index < -0.39 is 5.97 Å². The van der Waals surface area contributed by atoms with Gasteiger partial charge in [-0.3, -0.25) is 0 Å². The van der Waals surface area contributed by atoms with Crippen molar-refractivity contribution in [2.45, 2.75) is 3.92 Å². The highest BCUT2D eigenvalue weighted by molar-refractivity contribution is 14.1. The summed E-state index contributed by atoms with van der Waals surface area (Å²) in [4.78, 5) is 10.1. The second kappa shape index (κ2) is 3.66. The van der Waals surface area contributed by atoms with Gasteiger partial charge in [0.1, 0.15) is 0 Å². The number of hydrogen-bond acceptors (Lipinski definition) is 1. The number of aliphatic carboxylic acids is 1. The van der Waals surface area contributed by atoms with Crippen LogP contribution in [0.5, 0.6) is 0 Å². The number of hydrogen-bond donors (Lipinski definition) is 1. The molecule has 0 saturated heterocycles. The Labute approximate surface area is 67.4 Å². The fourth-order valence-electron chi connectivity index (χ4n) is 0.260.